The second-order valence-corrected chi connectivity index (χ2v) is 7.74. The molecular weight excluding hydrogens is 354 g/mol. The summed E-state index contributed by atoms with van der Waals surface area (Å²) in [6.45, 7) is 3.94. The molecule has 0 N–H and O–H groups in total. The molecule has 7 heteroatoms. The molecule has 2 aliphatic heterocycles. The lowest BCUT2D eigenvalue weighted by Gasteiger charge is -2.36. The number of para-hydroxylation sites is 1. The summed E-state index contributed by atoms with van der Waals surface area (Å²) in [6, 6.07) is 10.1. The number of amides is 1. The number of hydrogen-bond donors (Lipinski definition) is 0. The zero-order valence-corrected chi connectivity index (χ0v) is 15.9. The first-order valence-electron chi connectivity index (χ1n) is 9.86. The minimum absolute atomic E-state index is 0.112. The van der Waals surface area contributed by atoms with E-state index in [-0.39, 0.29) is 17.7 Å². The van der Waals surface area contributed by atoms with Crippen molar-refractivity contribution >= 4 is 11.7 Å². The van der Waals surface area contributed by atoms with Crippen molar-refractivity contribution in [2.75, 3.05) is 19.7 Å². The van der Waals surface area contributed by atoms with Crippen molar-refractivity contribution in [1.82, 2.24) is 24.5 Å². The quantitative estimate of drug-likeness (QED) is 0.686. The van der Waals surface area contributed by atoms with Gasteiger partial charge in [-0.3, -0.25) is 4.79 Å². The fourth-order valence-electron chi connectivity index (χ4n) is 4.41. The Labute approximate surface area is 163 Å². The van der Waals surface area contributed by atoms with E-state index in [4.69, 9.17) is 4.74 Å². The summed E-state index contributed by atoms with van der Waals surface area (Å²) in [5, 5.41) is 4.34. The lowest BCUT2D eigenvalue weighted by atomic mass is 9.91. The summed E-state index contributed by atoms with van der Waals surface area (Å²) in [5.41, 5.74) is 3.13. The first kappa shape index (κ1) is 17.2. The predicted molar refractivity (Wildman–Crippen MR) is 103 cm³/mol. The maximum absolute atomic E-state index is 13.2. The van der Waals surface area contributed by atoms with Crippen LogP contribution in [0.3, 0.4) is 0 Å². The average molecular weight is 377 g/mol. The fourth-order valence-corrected chi connectivity index (χ4v) is 4.41. The molecule has 144 valence electrons. The number of fused-ring (bicyclic) bond motifs is 2. The first-order chi connectivity index (χ1) is 13.7. The molecule has 1 aromatic carbocycles. The number of benzene rings is 1. The number of nitrogens with zero attached hydrogens (tertiary/aromatic N) is 5. The normalized spacial score (nSPS) is 22.0. The Morgan fingerprint density at radius 3 is 3.11 bits per heavy atom. The first-order valence-corrected chi connectivity index (χ1v) is 9.86. The van der Waals surface area contributed by atoms with E-state index in [1.165, 1.54) is 6.33 Å². The lowest BCUT2D eigenvalue weighted by molar-refractivity contribution is -0.138. The number of rotatable bonds is 2. The van der Waals surface area contributed by atoms with Gasteiger partial charge in [0.25, 0.3) is 5.78 Å². The minimum atomic E-state index is -0.112. The molecule has 2 atom stereocenters. The fraction of sp³-hybridized carbons (Fsp3) is 0.429. The molecule has 7 nitrogen and oxygen atoms in total. The van der Waals surface area contributed by atoms with Crippen molar-refractivity contribution in [3.63, 3.8) is 0 Å². The Kier molecular flexibility index (Phi) is 4.22. The number of ether oxygens (including phenoxy) is 1. The molecule has 0 aliphatic carbocycles. The van der Waals surface area contributed by atoms with Crippen LogP contribution >= 0.6 is 0 Å². The second kappa shape index (κ2) is 6.89. The van der Waals surface area contributed by atoms with Gasteiger partial charge < -0.3 is 9.64 Å². The molecular formula is C21H23N5O2. The van der Waals surface area contributed by atoms with Crippen molar-refractivity contribution in [1.29, 1.82) is 0 Å². The molecule has 0 radical (unpaired) electrons. The van der Waals surface area contributed by atoms with Crippen molar-refractivity contribution < 1.29 is 9.53 Å². The molecule has 0 unspecified atom stereocenters. The summed E-state index contributed by atoms with van der Waals surface area (Å²) in [4.78, 5) is 23.9. The highest BCUT2D eigenvalue weighted by atomic mass is 16.5. The van der Waals surface area contributed by atoms with Gasteiger partial charge in [0, 0.05) is 24.7 Å². The molecule has 5 rings (SSSR count). The Hall–Kier alpha value is -2.96. The molecule has 3 aromatic rings. The van der Waals surface area contributed by atoms with Gasteiger partial charge >= 0.3 is 0 Å². The molecule has 28 heavy (non-hydrogen) atoms. The van der Waals surface area contributed by atoms with Crippen LogP contribution in [-0.4, -0.2) is 50.1 Å². The highest BCUT2D eigenvalue weighted by Crippen LogP contribution is 2.31. The number of aromatic nitrogens is 4. The molecule has 0 saturated carbocycles. The van der Waals surface area contributed by atoms with E-state index >= 15 is 0 Å². The minimum Gasteiger partial charge on any atom is -0.492 e. The van der Waals surface area contributed by atoms with Crippen LogP contribution in [0.15, 0.2) is 36.7 Å². The number of likely N-dealkylation sites (tertiary alicyclic amines) is 1. The van der Waals surface area contributed by atoms with E-state index in [9.17, 15) is 4.79 Å². The third kappa shape index (κ3) is 3.00. The smallest absolute Gasteiger partial charge is 0.252 e. The van der Waals surface area contributed by atoms with Crippen LogP contribution in [0.1, 0.15) is 35.7 Å². The summed E-state index contributed by atoms with van der Waals surface area (Å²) in [5.74, 6) is 1.85. The van der Waals surface area contributed by atoms with Gasteiger partial charge in [-0.15, -0.1) is 0 Å². The van der Waals surface area contributed by atoms with Gasteiger partial charge in [0.2, 0.25) is 5.91 Å². The highest BCUT2D eigenvalue weighted by molar-refractivity contribution is 5.80. The van der Waals surface area contributed by atoms with E-state index in [0.29, 0.717) is 18.9 Å². The molecule has 0 spiro atoms. The van der Waals surface area contributed by atoms with E-state index in [2.05, 4.69) is 27.2 Å². The van der Waals surface area contributed by atoms with Crippen molar-refractivity contribution in [2.24, 2.45) is 5.92 Å². The molecule has 4 heterocycles. The van der Waals surface area contributed by atoms with Crippen LogP contribution in [0.4, 0.5) is 0 Å². The maximum Gasteiger partial charge on any atom is 0.252 e. The Balaban J connectivity index is 1.36. The van der Waals surface area contributed by atoms with E-state index in [0.717, 1.165) is 48.5 Å². The second-order valence-electron chi connectivity index (χ2n) is 7.74. The summed E-state index contributed by atoms with van der Waals surface area (Å²) < 4.78 is 7.66. The van der Waals surface area contributed by atoms with E-state index in [1.54, 1.807) is 0 Å². The topological polar surface area (TPSA) is 72.6 Å². The van der Waals surface area contributed by atoms with Crippen molar-refractivity contribution in [3.8, 4) is 5.75 Å². The van der Waals surface area contributed by atoms with Gasteiger partial charge in [-0.25, -0.2) is 9.50 Å². The van der Waals surface area contributed by atoms with Crippen molar-refractivity contribution in [3.05, 3.63) is 53.6 Å². The Morgan fingerprint density at radius 1 is 1.29 bits per heavy atom. The number of piperidine rings is 1. The number of hydrogen-bond acceptors (Lipinski definition) is 5. The van der Waals surface area contributed by atoms with Gasteiger partial charge in [0.1, 0.15) is 18.7 Å². The molecule has 0 bridgehead atoms. The summed E-state index contributed by atoms with van der Waals surface area (Å²) >= 11 is 0. The van der Waals surface area contributed by atoms with Crippen LogP contribution in [0, 0.1) is 12.8 Å². The molecule has 1 saturated heterocycles. The molecule has 1 fully saturated rings. The zero-order chi connectivity index (χ0) is 19.1. The van der Waals surface area contributed by atoms with Crippen LogP contribution in [0.25, 0.3) is 5.78 Å². The predicted octanol–water partition coefficient (Wildman–Crippen LogP) is 2.39. The van der Waals surface area contributed by atoms with Crippen molar-refractivity contribution in [2.45, 2.75) is 32.1 Å². The molecule has 2 aliphatic rings. The largest absolute Gasteiger partial charge is 0.492 e. The summed E-state index contributed by atoms with van der Waals surface area (Å²) in [6.07, 6.45) is 4.30. The van der Waals surface area contributed by atoms with Gasteiger partial charge in [-0.1, -0.05) is 18.2 Å². The third-order valence-corrected chi connectivity index (χ3v) is 5.79. The number of carbonyl (C=O) groups excluding carboxylic acids is 1. The van der Waals surface area contributed by atoms with E-state index in [1.807, 2.05) is 34.5 Å². The molecule has 2 aromatic heterocycles. The third-order valence-electron chi connectivity index (χ3n) is 5.79. The Morgan fingerprint density at radius 2 is 2.18 bits per heavy atom. The van der Waals surface area contributed by atoms with Gasteiger partial charge in [-0.05, 0) is 43.9 Å². The van der Waals surface area contributed by atoms with Gasteiger partial charge in [-0.2, -0.15) is 10.1 Å². The summed E-state index contributed by atoms with van der Waals surface area (Å²) in [7, 11) is 0. The van der Waals surface area contributed by atoms with Gasteiger partial charge in [0.15, 0.2) is 0 Å². The SMILES string of the molecule is Cc1cc([C@H]2CCCN(C(=O)[C@@H]3COc4ccccc4C3)C2)n2ncnc2n1. The number of carbonyl (C=O) groups is 1. The average Bonchev–Trinajstić information content (AvgIpc) is 3.20. The monoisotopic (exact) mass is 377 g/mol. The van der Waals surface area contributed by atoms with Crippen LogP contribution in [0.2, 0.25) is 0 Å². The van der Waals surface area contributed by atoms with Gasteiger partial charge in [0.05, 0.1) is 11.6 Å². The number of aryl methyl sites for hydroxylation is 1. The Bertz CT molecular complexity index is 1030. The van der Waals surface area contributed by atoms with Crippen LogP contribution in [0.5, 0.6) is 5.75 Å². The molecule has 1 amide bonds. The van der Waals surface area contributed by atoms with Crippen LogP contribution < -0.4 is 4.74 Å². The zero-order valence-electron chi connectivity index (χ0n) is 15.9. The highest BCUT2D eigenvalue weighted by Gasteiger charge is 2.33. The van der Waals surface area contributed by atoms with E-state index < -0.39 is 0 Å². The van der Waals surface area contributed by atoms with Crippen LogP contribution in [-0.2, 0) is 11.2 Å². The maximum atomic E-state index is 13.2. The standard InChI is InChI=1S/C21H23N5O2/c1-14-9-18(26-21(24-14)22-13-23-26)16-6-4-8-25(11-16)20(27)17-10-15-5-2-3-7-19(15)28-12-17/h2-3,5,7,9,13,16-17H,4,6,8,10-12H2,1H3/t16-,17-/m0/s1. The lowest BCUT2D eigenvalue weighted by Crippen LogP contribution is -2.45.